The molecule has 0 aromatic heterocycles. The minimum absolute atomic E-state index is 0.446. The van der Waals surface area contributed by atoms with Gasteiger partial charge >= 0.3 is 0 Å². The summed E-state index contributed by atoms with van der Waals surface area (Å²) in [7, 11) is 0. The van der Waals surface area contributed by atoms with E-state index >= 15 is 0 Å². The van der Waals surface area contributed by atoms with Crippen LogP contribution in [0.25, 0.3) is 0 Å². The van der Waals surface area contributed by atoms with Gasteiger partial charge in [-0.2, -0.15) is 0 Å². The molecule has 0 spiro atoms. The molecule has 1 rings (SSSR count). The quantitative estimate of drug-likeness (QED) is 0.212. The summed E-state index contributed by atoms with van der Waals surface area (Å²) in [5.74, 6) is 2.87. The molecule has 0 saturated heterocycles. The lowest BCUT2D eigenvalue weighted by Gasteiger charge is -2.29. The third-order valence-electron chi connectivity index (χ3n) is 6.73. The molecule has 34 heavy (non-hydrogen) atoms. The van der Waals surface area contributed by atoms with Gasteiger partial charge in [-0.05, 0) is 90.7 Å². The Morgan fingerprint density at radius 2 is 1.56 bits per heavy atom. The third-order valence-corrected chi connectivity index (χ3v) is 6.73. The highest BCUT2D eigenvalue weighted by atomic mass is 14.9. The summed E-state index contributed by atoms with van der Waals surface area (Å²) in [6.45, 7) is 27.9. The van der Waals surface area contributed by atoms with Crippen molar-refractivity contribution in [2.75, 3.05) is 0 Å². The van der Waals surface area contributed by atoms with Gasteiger partial charge in [0.05, 0.1) is 0 Å². The van der Waals surface area contributed by atoms with Crippen LogP contribution in [0.2, 0.25) is 0 Å². The van der Waals surface area contributed by atoms with Gasteiger partial charge in [-0.3, -0.25) is 0 Å². The van der Waals surface area contributed by atoms with Crippen molar-refractivity contribution in [3.8, 4) is 0 Å². The largest absolute Gasteiger partial charge is 0.313 e. The van der Waals surface area contributed by atoms with Crippen LogP contribution in [-0.4, -0.2) is 18.3 Å². The van der Waals surface area contributed by atoms with Crippen LogP contribution in [0, 0.1) is 23.2 Å². The summed E-state index contributed by atoms with van der Waals surface area (Å²) in [5.41, 5.74) is 2.84. The molecule has 0 saturated carbocycles. The molecular weight excluding hydrogens is 412 g/mol. The highest BCUT2D eigenvalue weighted by molar-refractivity contribution is 5.48. The van der Waals surface area contributed by atoms with Crippen LogP contribution >= 0.6 is 0 Å². The third kappa shape index (κ3) is 24.2. The SMILES string of the molecule is C=C(C)C(C)NC(C)CCC(C)CC.CC=N.CCC.CCCC(CCC)C1CC=C(C)CC1. The first-order chi connectivity index (χ1) is 16.1. The van der Waals surface area contributed by atoms with Crippen LogP contribution in [-0.2, 0) is 0 Å². The summed E-state index contributed by atoms with van der Waals surface area (Å²) in [5, 5.41) is 9.64. The Hall–Kier alpha value is -0.890. The molecule has 0 aromatic rings. The number of hydrogen-bond acceptors (Lipinski definition) is 2. The Morgan fingerprint density at radius 1 is 1.06 bits per heavy atom. The van der Waals surface area contributed by atoms with Crippen molar-refractivity contribution in [2.45, 2.75) is 159 Å². The zero-order valence-corrected chi connectivity index (χ0v) is 25.5. The van der Waals surface area contributed by atoms with Gasteiger partial charge in [-0.15, -0.1) is 0 Å². The van der Waals surface area contributed by atoms with E-state index in [9.17, 15) is 0 Å². The molecule has 1 aliphatic carbocycles. The molecule has 0 aromatic carbocycles. The van der Waals surface area contributed by atoms with Gasteiger partial charge < -0.3 is 10.7 Å². The molecule has 2 nitrogen and oxygen atoms in total. The Kier molecular flexibility index (Phi) is 29.6. The molecule has 4 atom stereocenters. The second kappa shape index (κ2) is 26.7. The van der Waals surface area contributed by atoms with Crippen molar-refractivity contribution in [1.82, 2.24) is 5.32 Å². The molecular formula is C32H66N2. The van der Waals surface area contributed by atoms with E-state index in [1.54, 1.807) is 12.5 Å². The van der Waals surface area contributed by atoms with Crippen LogP contribution < -0.4 is 5.32 Å². The summed E-state index contributed by atoms with van der Waals surface area (Å²) in [4.78, 5) is 0. The van der Waals surface area contributed by atoms with E-state index in [0.717, 1.165) is 17.8 Å². The van der Waals surface area contributed by atoms with E-state index in [0.29, 0.717) is 12.1 Å². The summed E-state index contributed by atoms with van der Waals surface area (Å²) < 4.78 is 0. The number of nitrogens with one attached hydrogen (secondary N) is 2. The molecule has 0 aliphatic heterocycles. The number of hydrogen-bond donors (Lipinski definition) is 2. The maximum absolute atomic E-state index is 6.08. The first-order valence-electron chi connectivity index (χ1n) is 14.6. The Balaban J connectivity index is -0.000000458. The summed E-state index contributed by atoms with van der Waals surface area (Å²) in [6.07, 6.45) is 18.7. The molecule has 0 amide bonds. The lowest BCUT2D eigenvalue weighted by atomic mass is 9.77. The molecule has 2 heteroatoms. The van der Waals surface area contributed by atoms with E-state index in [-0.39, 0.29) is 0 Å². The van der Waals surface area contributed by atoms with E-state index < -0.39 is 0 Å². The van der Waals surface area contributed by atoms with Gasteiger partial charge in [0.1, 0.15) is 0 Å². The van der Waals surface area contributed by atoms with E-state index in [2.05, 4.69) is 87.2 Å². The minimum atomic E-state index is 0.446. The Morgan fingerprint density at radius 3 is 1.91 bits per heavy atom. The van der Waals surface area contributed by atoms with Crippen molar-refractivity contribution in [2.24, 2.45) is 17.8 Å². The molecule has 0 bridgehead atoms. The highest BCUT2D eigenvalue weighted by Gasteiger charge is 2.21. The number of allylic oxidation sites excluding steroid dienone is 2. The summed E-state index contributed by atoms with van der Waals surface area (Å²) >= 11 is 0. The van der Waals surface area contributed by atoms with Crippen LogP contribution in [0.1, 0.15) is 147 Å². The maximum Gasteiger partial charge on any atom is 0.0248 e. The lowest BCUT2D eigenvalue weighted by Crippen LogP contribution is -2.35. The standard InChI is InChI=1S/C14H26.C13H27N.C3H8.C2H5N/c1-4-6-13(7-5-2)14-10-8-12(3)9-11-14;1-7-11(4)8-9-12(5)14-13(6)10(2)3;1-3-2;1-2-3/h8,13-14H,4-7,9-11H2,1-3H3;11-14H,2,7-9H2,1,3-6H3;3H2,1-2H3;2-3H,1H3. The van der Waals surface area contributed by atoms with Crippen LogP contribution in [0.4, 0.5) is 0 Å². The van der Waals surface area contributed by atoms with Crippen molar-refractivity contribution in [3.05, 3.63) is 23.8 Å². The second-order valence-electron chi connectivity index (χ2n) is 10.6. The normalized spacial score (nSPS) is 17.4. The summed E-state index contributed by atoms with van der Waals surface area (Å²) in [6, 6.07) is 1.05. The maximum atomic E-state index is 6.08. The molecule has 1 aliphatic rings. The number of rotatable bonds is 12. The van der Waals surface area contributed by atoms with Crippen LogP contribution in [0.3, 0.4) is 0 Å². The Labute approximate surface area is 217 Å². The predicted octanol–water partition coefficient (Wildman–Crippen LogP) is 10.8. The topological polar surface area (TPSA) is 35.9 Å². The average Bonchev–Trinajstić information content (AvgIpc) is 2.79. The van der Waals surface area contributed by atoms with Gasteiger partial charge in [0.2, 0.25) is 0 Å². The van der Waals surface area contributed by atoms with Gasteiger partial charge in [0.15, 0.2) is 0 Å². The molecule has 0 fully saturated rings. The molecule has 2 N–H and O–H groups in total. The fourth-order valence-corrected chi connectivity index (χ4v) is 4.16. The Bertz CT molecular complexity index is 473. The van der Waals surface area contributed by atoms with Crippen molar-refractivity contribution < 1.29 is 0 Å². The van der Waals surface area contributed by atoms with Gasteiger partial charge in [-0.25, -0.2) is 0 Å². The van der Waals surface area contributed by atoms with Crippen LogP contribution in [0.15, 0.2) is 23.8 Å². The van der Waals surface area contributed by atoms with Crippen molar-refractivity contribution >= 4 is 6.21 Å². The fraction of sp³-hybridized carbons (Fsp3) is 0.844. The van der Waals surface area contributed by atoms with Crippen molar-refractivity contribution in [3.63, 3.8) is 0 Å². The van der Waals surface area contributed by atoms with Gasteiger partial charge in [0.25, 0.3) is 0 Å². The molecule has 0 heterocycles. The lowest BCUT2D eigenvalue weighted by molar-refractivity contribution is 0.267. The molecule has 204 valence electrons. The van der Waals surface area contributed by atoms with E-state index in [4.69, 9.17) is 5.41 Å². The first-order valence-corrected chi connectivity index (χ1v) is 14.6. The van der Waals surface area contributed by atoms with Gasteiger partial charge in [0, 0.05) is 12.1 Å². The second-order valence-corrected chi connectivity index (χ2v) is 10.6. The zero-order valence-electron chi connectivity index (χ0n) is 25.5. The van der Waals surface area contributed by atoms with Crippen molar-refractivity contribution in [1.29, 1.82) is 5.41 Å². The minimum Gasteiger partial charge on any atom is -0.313 e. The first kappa shape index (κ1) is 37.7. The van der Waals surface area contributed by atoms with E-state index in [1.807, 2.05) is 0 Å². The van der Waals surface area contributed by atoms with E-state index in [1.165, 1.54) is 82.4 Å². The fourth-order valence-electron chi connectivity index (χ4n) is 4.16. The average molecular weight is 479 g/mol. The monoisotopic (exact) mass is 479 g/mol. The predicted molar refractivity (Wildman–Crippen MR) is 160 cm³/mol. The molecule has 4 unspecified atom stereocenters. The van der Waals surface area contributed by atoms with Crippen LogP contribution in [0.5, 0.6) is 0 Å². The van der Waals surface area contributed by atoms with Gasteiger partial charge in [-0.1, -0.05) is 104 Å². The highest BCUT2D eigenvalue weighted by Crippen LogP contribution is 2.34. The molecule has 0 radical (unpaired) electrons. The smallest absolute Gasteiger partial charge is 0.0248 e. The zero-order chi connectivity index (χ0) is 26.9.